The average Bonchev–Trinajstić information content (AvgIpc) is 2.35. The lowest BCUT2D eigenvalue weighted by atomic mass is 10.2. The van der Waals surface area contributed by atoms with E-state index in [1.807, 2.05) is 0 Å². The Morgan fingerprint density at radius 1 is 1.58 bits per heavy atom. The van der Waals surface area contributed by atoms with Gasteiger partial charge in [0, 0.05) is 12.5 Å². The van der Waals surface area contributed by atoms with Crippen molar-refractivity contribution in [1.82, 2.24) is 5.32 Å². The van der Waals surface area contributed by atoms with Crippen LogP contribution in [-0.2, 0) is 4.79 Å². The molecule has 0 heterocycles. The number of nitro groups is 1. The number of hydrogen-bond acceptors (Lipinski definition) is 5. The van der Waals surface area contributed by atoms with Crippen LogP contribution >= 0.6 is 0 Å². The quantitative estimate of drug-likeness (QED) is 0.559. The fourth-order valence-electron chi connectivity index (χ4n) is 1.68. The third-order valence-corrected chi connectivity index (χ3v) is 2.73. The van der Waals surface area contributed by atoms with E-state index in [9.17, 15) is 14.9 Å². The maximum absolute atomic E-state index is 11.0. The Kier molecular flexibility index (Phi) is 5.25. The van der Waals surface area contributed by atoms with Gasteiger partial charge in [0.15, 0.2) is 5.75 Å². The largest absolute Gasteiger partial charge is 0.487 e. The van der Waals surface area contributed by atoms with Gasteiger partial charge in [0.1, 0.15) is 0 Å². The number of nitrogens with two attached hydrogens (primary N) is 1. The summed E-state index contributed by atoms with van der Waals surface area (Å²) in [4.78, 5) is 21.4. The van der Waals surface area contributed by atoms with E-state index in [2.05, 4.69) is 5.32 Å². The van der Waals surface area contributed by atoms with E-state index in [4.69, 9.17) is 10.5 Å². The van der Waals surface area contributed by atoms with Gasteiger partial charge in [0.05, 0.1) is 17.6 Å². The number of primary amides is 1. The second-order valence-corrected chi connectivity index (χ2v) is 4.06. The number of likely N-dealkylation sites (N-methyl/N-ethyl adjacent to an activating group) is 1. The van der Waals surface area contributed by atoms with Gasteiger partial charge in [0.25, 0.3) is 0 Å². The van der Waals surface area contributed by atoms with E-state index in [0.29, 0.717) is 12.0 Å². The van der Waals surface area contributed by atoms with Crippen LogP contribution in [-0.4, -0.2) is 30.5 Å². The van der Waals surface area contributed by atoms with Gasteiger partial charge in [-0.2, -0.15) is 0 Å². The molecule has 0 aliphatic heterocycles. The minimum atomic E-state index is -0.511. The van der Waals surface area contributed by atoms with Gasteiger partial charge in [0.2, 0.25) is 5.91 Å². The molecule has 19 heavy (non-hydrogen) atoms. The van der Waals surface area contributed by atoms with E-state index >= 15 is 0 Å². The fraction of sp³-hybridized carbons (Fsp3) is 0.417. The van der Waals surface area contributed by atoms with Crippen LogP contribution in [0.5, 0.6) is 5.75 Å². The summed E-state index contributed by atoms with van der Waals surface area (Å²) in [6, 6.07) is 4.20. The third-order valence-electron chi connectivity index (χ3n) is 2.73. The molecule has 7 heteroatoms. The van der Waals surface area contributed by atoms with Crippen LogP contribution in [0.4, 0.5) is 5.69 Å². The molecule has 1 rings (SSSR count). The maximum Gasteiger partial charge on any atom is 0.311 e. The van der Waals surface area contributed by atoms with Gasteiger partial charge in [-0.15, -0.1) is 0 Å². The Balaban J connectivity index is 2.72. The number of para-hydroxylation sites is 1. The molecule has 0 aliphatic rings. The highest BCUT2D eigenvalue weighted by atomic mass is 16.6. The Labute approximate surface area is 110 Å². The third kappa shape index (κ3) is 3.92. The van der Waals surface area contributed by atoms with Crippen molar-refractivity contribution in [3.05, 3.63) is 33.9 Å². The predicted molar refractivity (Wildman–Crippen MR) is 70.0 cm³/mol. The lowest BCUT2D eigenvalue weighted by Gasteiger charge is -2.13. The molecule has 1 unspecified atom stereocenters. The molecule has 0 saturated carbocycles. The summed E-state index contributed by atoms with van der Waals surface area (Å²) < 4.78 is 5.42. The van der Waals surface area contributed by atoms with Gasteiger partial charge < -0.3 is 15.8 Å². The van der Waals surface area contributed by atoms with Crippen LogP contribution in [0.15, 0.2) is 18.2 Å². The minimum Gasteiger partial charge on any atom is -0.487 e. The molecular weight excluding hydrogens is 250 g/mol. The highest BCUT2D eigenvalue weighted by molar-refractivity contribution is 5.79. The first-order valence-corrected chi connectivity index (χ1v) is 5.80. The number of carbonyl (C=O) groups excluding carboxylic acids is 1. The summed E-state index contributed by atoms with van der Waals surface area (Å²) in [5.41, 5.74) is 5.76. The number of nitrogens with one attached hydrogen (secondary N) is 1. The summed E-state index contributed by atoms with van der Waals surface area (Å²) >= 11 is 0. The van der Waals surface area contributed by atoms with Crippen molar-refractivity contribution in [2.75, 3.05) is 13.7 Å². The van der Waals surface area contributed by atoms with Gasteiger partial charge in [-0.1, -0.05) is 12.1 Å². The van der Waals surface area contributed by atoms with Crippen molar-refractivity contribution in [3.63, 3.8) is 0 Å². The zero-order valence-electron chi connectivity index (χ0n) is 10.9. The van der Waals surface area contributed by atoms with E-state index in [0.717, 1.165) is 0 Å². The molecule has 1 aromatic rings. The molecule has 1 aromatic carbocycles. The number of benzene rings is 1. The molecule has 0 aliphatic carbocycles. The number of rotatable bonds is 7. The Bertz CT molecular complexity index is 476. The van der Waals surface area contributed by atoms with Crippen molar-refractivity contribution in [1.29, 1.82) is 0 Å². The Hall–Kier alpha value is -2.15. The van der Waals surface area contributed by atoms with Crippen molar-refractivity contribution < 1.29 is 14.5 Å². The summed E-state index contributed by atoms with van der Waals surface area (Å²) in [7, 11) is 1.62. The first-order valence-electron chi connectivity index (χ1n) is 5.80. The number of aryl methyl sites for hydroxylation is 1. The molecule has 0 saturated heterocycles. The standard InChI is InChI=1S/C12H17N3O4/c1-8-4-3-5-10(15(17)18)11(8)19-7-6-9(14-2)12(13)16/h3-5,9,14H,6-7H2,1-2H3,(H2,13,16). The van der Waals surface area contributed by atoms with Crippen LogP contribution in [0.3, 0.4) is 0 Å². The number of ether oxygens (including phenoxy) is 1. The maximum atomic E-state index is 11.0. The molecule has 1 amide bonds. The molecule has 0 bridgehead atoms. The van der Waals surface area contributed by atoms with Crippen molar-refractivity contribution >= 4 is 11.6 Å². The van der Waals surface area contributed by atoms with Gasteiger partial charge >= 0.3 is 5.69 Å². The van der Waals surface area contributed by atoms with Gasteiger partial charge in [-0.3, -0.25) is 14.9 Å². The van der Waals surface area contributed by atoms with Crippen LogP contribution in [0.2, 0.25) is 0 Å². The Morgan fingerprint density at radius 2 is 2.26 bits per heavy atom. The lowest BCUT2D eigenvalue weighted by Crippen LogP contribution is -2.40. The average molecular weight is 267 g/mol. The molecule has 0 aromatic heterocycles. The smallest absolute Gasteiger partial charge is 0.311 e. The predicted octanol–water partition coefficient (Wildman–Crippen LogP) is 0.745. The second kappa shape index (κ2) is 6.69. The molecule has 0 fully saturated rings. The molecule has 104 valence electrons. The summed E-state index contributed by atoms with van der Waals surface area (Å²) in [6.07, 6.45) is 0.345. The topological polar surface area (TPSA) is 107 Å². The van der Waals surface area contributed by atoms with E-state index in [1.165, 1.54) is 6.07 Å². The van der Waals surface area contributed by atoms with Crippen LogP contribution < -0.4 is 15.8 Å². The van der Waals surface area contributed by atoms with Crippen molar-refractivity contribution in [2.24, 2.45) is 5.73 Å². The number of hydrogen-bond donors (Lipinski definition) is 2. The first-order chi connectivity index (χ1) is 8.97. The van der Waals surface area contributed by atoms with E-state index < -0.39 is 16.9 Å². The number of nitro benzene ring substituents is 1. The highest BCUT2D eigenvalue weighted by Crippen LogP contribution is 2.30. The number of nitrogens with zero attached hydrogens (tertiary/aromatic N) is 1. The highest BCUT2D eigenvalue weighted by Gasteiger charge is 2.18. The van der Waals surface area contributed by atoms with E-state index in [-0.39, 0.29) is 18.0 Å². The molecule has 7 nitrogen and oxygen atoms in total. The zero-order valence-corrected chi connectivity index (χ0v) is 10.9. The zero-order chi connectivity index (χ0) is 14.4. The molecule has 0 radical (unpaired) electrons. The number of carbonyl (C=O) groups is 1. The molecule has 0 spiro atoms. The summed E-state index contributed by atoms with van der Waals surface area (Å²) in [6.45, 7) is 1.89. The fourth-order valence-corrected chi connectivity index (χ4v) is 1.68. The minimum absolute atomic E-state index is 0.0833. The van der Waals surface area contributed by atoms with Crippen molar-refractivity contribution in [3.8, 4) is 5.75 Å². The van der Waals surface area contributed by atoms with Crippen LogP contribution in [0, 0.1) is 17.0 Å². The van der Waals surface area contributed by atoms with Crippen molar-refractivity contribution in [2.45, 2.75) is 19.4 Å². The number of amides is 1. The monoisotopic (exact) mass is 267 g/mol. The van der Waals surface area contributed by atoms with E-state index in [1.54, 1.807) is 26.1 Å². The molecule has 3 N–H and O–H groups in total. The Morgan fingerprint density at radius 3 is 2.79 bits per heavy atom. The summed E-state index contributed by atoms with van der Waals surface area (Å²) in [5.74, 6) is -0.253. The SMILES string of the molecule is CNC(CCOc1c(C)cccc1[N+](=O)[O-])C(N)=O. The molecule has 1 atom stereocenters. The van der Waals surface area contributed by atoms with Crippen LogP contribution in [0.1, 0.15) is 12.0 Å². The molecular formula is C12H17N3O4. The van der Waals surface area contributed by atoms with Gasteiger partial charge in [-0.05, 0) is 19.5 Å². The van der Waals surface area contributed by atoms with Gasteiger partial charge in [-0.25, -0.2) is 0 Å². The van der Waals surface area contributed by atoms with Crippen LogP contribution in [0.25, 0.3) is 0 Å². The summed E-state index contributed by atoms with van der Waals surface area (Å²) in [5, 5.41) is 13.6. The first kappa shape index (κ1) is 14.9. The second-order valence-electron chi connectivity index (χ2n) is 4.06. The normalized spacial score (nSPS) is 11.9. The lowest BCUT2D eigenvalue weighted by molar-refractivity contribution is -0.385.